The topological polar surface area (TPSA) is 36.4 Å². The van der Waals surface area contributed by atoms with E-state index in [1.54, 1.807) is 0 Å². The summed E-state index contributed by atoms with van der Waals surface area (Å²) in [6.07, 6.45) is 6.79. The van der Waals surface area contributed by atoms with Crippen molar-refractivity contribution in [3.63, 3.8) is 0 Å². The molecule has 0 radical (unpaired) electrons. The van der Waals surface area contributed by atoms with Crippen LogP contribution in [0, 0.1) is 11.8 Å². The number of rotatable bonds is 2. The van der Waals surface area contributed by atoms with Crippen LogP contribution in [0.5, 0.6) is 0 Å². The molecule has 4 aliphatic rings. The van der Waals surface area contributed by atoms with Crippen LogP contribution in [0.2, 0.25) is 0 Å². The summed E-state index contributed by atoms with van der Waals surface area (Å²) in [7, 11) is 0. The van der Waals surface area contributed by atoms with Gasteiger partial charge in [0.15, 0.2) is 0 Å². The fraction of sp³-hybridized carbons (Fsp3) is 0.700. The Hall–Kier alpha value is -0.940. The first-order valence-electron chi connectivity index (χ1n) is 9.54. The highest BCUT2D eigenvalue weighted by Crippen LogP contribution is 2.52. The number of pyridine rings is 1. The fourth-order valence-corrected chi connectivity index (χ4v) is 5.76. The van der Waals surface area contributed by atoms with E-state index in [1.165, 1.54) is 25.9 Å². The SMILES string of the molecule is CC1(C)C(=O)N(C2CC(C)(N3CCC4CC4C3)C2)c2cc(Br)cnc21. The van der Waals surface area contributed by atoms with Crippen molar-refractivity contribution in [1.29, 1.82) is 0 Å². The van der Waals surface area contributed by atoms with Gasteiger partial charge >= 0.3 is 0 Å². The summed E-state index contributed by atoms with van der Waals surface area (Å²) < 4.78 is 0.944. The van der Waals surface area contributed by atoms with Crippen molar-refractivity contribution in [2.75, 3.05) is 18.0 Å². The van der Waals surface area contributed by atoms with Crippen molar-refractivity contribution in [1.82, 2.24) is 9.88 Å². The van der Waals surface area contributed by atoms with Crippen LogP contribution in [-0.4, -0.2) is 40.5 Å². The molecule has 2 aliphatic carbocycles. The third-order valence-electron chi connectivity index (χ3n) is 7.21. The lowest BCUT2D eigenvalue weighted by Crippen LogP contribution is -2.64. The summed E-state index contributed by atoms with van der Waals surface area (Å²) in [6.45, 7) is 8.93. The Morgan fingerprint density at radius 3 is 2.72 bits per heavy atom. The zero-order valence-electron chi connectivity index (χ0n) is 15.3. The van der Waals surface area contributed by atoms with Crippen LogP contribution in [0.3, 0.4) is 0 Å². The lowest BCUT2D eigenvalue weighted by atomic mass is 9.71. The number of likely N-dealkylation sites (tertiary alicyclic amines) is 1. The van der Waals surface area contributed by atoms with Gasteiger partial charge in [0, 0.05) is 28.8 Å². The number of piperidine rings is 1. The molecular formula is C20H26BrN3O. The molecule has 1 amide bonds. The Morgan fingerprint density at radius 1 is 1.24 bits per heavy atom. The number of carbonyl (C=O) groups is 1. The number of aromatic nitrogens is 1. The summed E-state index contributed by atoms with van der Waals surface area (Å²) in [5.74, 6) is 2.19. The van der Waals surface area contributed by atoms with E-state index in [0.717, 1.165) is 40.5 Å². The molecule has 1 aromatic heterocycles. The molecule has 2 aliphatic heterocycles. The largest absolute Gasteiger partial charge is 0.307 e. The summed E-state index contributed by atoms with van der Waals surface area (Å²) >= 11 is 3.53. The van der Waals surface area contributed by atoms with E-state index in [9.17, 15) is 4.79 Å². The number of carbonyl (C=O) groups excluding carboxylic acids is 1. The summed E-state index contributed by atoms with van der Waals surface area (Å²) in [4.78, 5) is 22.5. The minimum absolute atomic E-state index is 0.209. The zero-order chi connectivity index (χ0) is 17.6. The summed E-state index contributed by atoms with van der Waals surface area (Å²) in [5.41, 5.74) is 1.68. The Kier molecular flexibility index (Phi) is 3.29. The molecule has 4 nitrogen and oxygen atoms in total. The number of amides is 1. The first-order valence-corrected chi connectivity index (χ1v) is 10.3. The van der Waals surface area contributed by atoms with Crippen LogP contribution in [0.25, 0.3) is 0 Å². The van der Waals surface area contributed by atoms with Crippen molar-refractivity contribution in [3.8, 4) is 0 Å². The molecule has 3 heterocycles. The highest BCUT2D eigenvalue weighted by molar-refractivity contribution is 9.10. The van der Waals surface area contributed by atoms with Gasteiger partial charge < -0.3 is 4.90 Å². The third kappa shape index (κ3) is 2.27. The number of hydrogen-bond acceptors (Lipinski definition) is 3. The van der Waals surface area contributed by atoms with E-state index < -0.39 is 5.41 Å². The molecule has 134 valence electrons. The zero-order valence-corrected chi connectivity index (χ0v) is 16.8. The lowest BCUT2D eigenvalue weighted by molar-refractivity contribution is -0.123. The Balaban J connectivity index is 1.38. The second kappa shape index (κ2) is 5.07. The maximum absolute atomic E-state index is 13.1. The number of anilines is 1. The molecule has 2 unspecified atom stereocenters. The second-order valence-corrected chi connectivity index (χ2v) is 10.3. The molecule has 0 N–H and O–H groups in total. The van der Waals surface area contributed by atoms with Gasteiger partial charge in [-0.3, -0.25) is 14.7 Å². The van der Waals surface area contributed by atoms with Gasteiger partial charge in [-0.2, -0.15) is 0 Å². The van der Waals surface area contributed by atoms with Crippen molar-refractivity contribution in [2.24, 2.45) is 11.8 Å². The smallest absolute Gasteiger partial charge is 0.239 e. The molecule has 1 aromatic rings. The van der Waals surface area contributed by atoms with Crippen LogP contribution >= 0.6 is 15.9 Å². The predicted octanol–water partition coefficient (Wildman–Crippen LogP) is 3.73. The maximum atomic E-state index is 13.1. The molecule has 0 bridgehead atoms. The normalized spacial score (nSPS) is 39.0. The van der Waals surface area contributed by atoms with Crippen LogP contribution in [0.15, 0.2) is 16.7 Å². The van der Waals surface area contributed by atoms with Crippen LogP contribution in [0.1, 0.15) is 52.1 Å². The first kappa shape index (κ1) is 16.2. The number of fused-ring (bicyclic) bond motifs is 2. The van der Waals surface area contributed by atoms with Crippen LogP contribution < -0.4 is 4.90 Å². The van der Waals surface area contributed by atoms with Gasteiger partial charge in [0.1, 0.15) is 0 Å². The fourth-order valence-electron chi connectivity index (χ4n) is 5.44. The monoisotopic (exact) mass is 403 g/mol. The molecule has 5 heteroatoms. The molecule has 0 aromatic carbocycles. The van der Waals surface area contributed by atoms with Gasteiger partial charge in [0.2, 0.25) is 5.91 Å². The quantitative estimate of drug-likeness (QED) is 0.754. The second-order valence-electron chi connectivity index (χ2n) is 9.37. The maximum Gasteiger partial charge on any atom is 0.239 e. The van der Waals surface area contributed by atoms with Crippen molar-refractivity contribution < 1.29 is 4.79 Å². The summed E-state index contributed by atoms with van der Waals surface area (Å²) in [6, 6.07) is 2.38. The van der Waals surface area contributed by atoms with Gasteiger partial charge in [-0.05, 0) is 86.8 Å². The van der Waals surface area contributed by atoms with E-state index in [1.807, 2.05) is 20.0 Å². The van der Waals surface area contributed by atoms with E-state index >= 15 is 0 Å². The average molecular weight is 404 g/mol. The van der Waals surface area contributed by atoms with E-state index in [-0.39, 0.29) is 11.4 Å². The van der Waals surface area contributed by atoms with Crippen molar-refractivity contribution >= 4 is 27.5 Å². The van der Waals surface area contributed by atoms with E-state index in [2.05, 4.69) is 43.7 Å². The summed E-state index contributed by atoms with van der Waals surface area (Å²) in [5, 5.41) is 0. The molecule has 2 atom stereocenters. The van der Waals surface area contributed by atoms with Gasteiger partial charge in [0.05, 0.1) is 16.8 Å². The number of halogens is 1. The Morgan fingerprint density at radius 2 is 2.00 bits per heavy atom. The molecule has 0 spiro atoms. The molecule has 1 saturated heterocycles. The van der Waals surface area contributed by atoms with Crippen molar-refractivity contribution in [3.05, 3.63) is 22.4 Å². The predicted molar refractivity (Wildman–Crippen MR) is 102 cm³/mol. The highest BCUT2D eigenvalue weighted by Gasteiger charge is 2.56. The Labute approximate surface area is 158 Å². The molecular weight excluding hydrogens is 378 g/mol. The van der Waals surface area contributed by atoms with E-state index in [4.69, 9.17) is 0 Å². The van der Waals surface area contributed by atoms with Gasteiger partial charge in [-0.25, -0.2) is 0 Å². The van der Waals surface area contributed by atoms with Crippen molar-refractivity contribution in [2.45, 2.75) is 63.5 Å². The Bertz CT molecular complexity index is 755. The van der Waals surface area contributed by atoms with Gasteiger partial charge in [-0.1, -0.05) is 0 Å². The van der Waals surface area contributed by atoms with E-state index in [0.29, 0.717) is 6.04 Å². The molecule has 3 fully saturated rings. The van der Waals surface area contributed by atoms with Crippen LogP contribution in [0.4, 0.5) is 5.69 Å². The first-order chi connectivity index (χ1) is 11.8. The number of nitrogens with zero attached hydrogens (tertiary/aromatic N) is 3. The minimum Gasteiger partial charge on any atom is -0.307 e. The van der Waals surface area contributed by atoms with Gasteiger partial charge in [0.25, 0.3) is 0 Å². The third-order valence-corrected chi connectivity index (χ3v) is 7.65. The molecule has 5 rings (SSSR count). The molecule has 2 saturated carbocycles. The van der Waals surface area contributed by atoms with Crippen LogP contribution in [-0.2, 0) is 10.2 Å². The van der Waals surface area contributed by atoms with Gasteiger partial charge in [-0.15, -0.1) is 0 Å². The lowest BCUT2D eigenvalue weighted by Gasteiger charge is -2.55. The highest BCUT2D eigenvalue weighted by atomic mass is 79.9. The standard InChI is InChI=1S/C20H26BrN3O/c1-19(2)17-16(7-14(21)10-22-17)24(18(19)25)15-8-20(3,9-15)23-5-4-12-6-13(12)11-23/h7,10,12-13,15H,4-6,8-9,11H2,1-3H3. The molecule has 25 heavy (non-hydrogen) atoms. The minimum atomic E-state index is -0.519. The number of hydrogen-bond donors (Lipinski definition) is 0. The average Bonchev–Trinajstić information content (AvgIpc) is 3.27.